The van der Waals surface area contributed by atoms with E-state index in [1.165, 1.54) is 11.2 Å². The molecule has 96 valence electrons. The fourth-order valence-corrected chi connectivity index (χ4v) is 3.15. The molecule has 0 bridgehead atoms. The van der Waals surface area contributed by atoms with Crippen molar-refractivity contribution in [3.63, 3.8) is 0 Å². The minimum absolute atomic E-state index is 0.0356. The number of imide groups is 1. The molecule has 6 heteroatoms. The number of likely N-dealkylation sites (tertiary alicyclic amines) is 1. The molecule has 2 heterocycles. The van der Waals surface area contributed by atoms with E-state index < -0.39 is 0 Å². The smallest absolute Gasteiger partial charge is 0.230 e. The number of aromatic amines is 1. The number of nitrogens with one attached hydrogen (secondary N) is 1. The number of amides is 2. The molecule has 1 N–H and O–H groups in total. The van der Waals surface area contributed by atoms with E-state index in [0.29, 0.717) is 18.7 Å². The average Bonchev–Trinajstić information content (AvgIpc) is 2.96. The largest absolute Gasteiger partial charge is 0.275 e. The molecule has 1 aliphatic carbocycles. The lowest BCUT2D eigenvalue weighted by Gasteiger charge is -2.36. The number of hydrogen-bond acceptors (Lipinski definition) is 4. The van der Waals surface area contributed by atoms with Gasteiger partial charge in [-0.25, -0.2) is 4.98 Å². The highest BCUT2D eigenvalue weighted by atomic mass is 16.2. The summed E-state index contributed by atoms with van der Waals surface area (Å²) in [6.07, 6.45) is 6.71. The van der Waals surface area contributed by atoms with E-state index in [-0.39, 0.29) is 23.8 Å². The Kier molecular flexibility index (Phi) is 2.65. The summed E-state index contributed by atoms with van der Waals surface area (Å²) >= 11 is 0. The zero-order chi connectivity index (χ0) is 12.6. The first kappa shape index (κ1) is 11.4. The first-order valence-corrected chi connectivity index (χ1v) is 6.36. The molecule has 2 fully saturated rings. The van der Waals surface area contributed by atoms with Gasteiger partial charge in [0.1, 0.15) is 12.2 Å². The number of nitrogens with zero attached hydrogens (tertiary/aromatic N) is 3. The van der Waals surface area contributed by atoms with Crippen LogP contribution in [0, 0.1) is 5.41 Å². The van der Waals surface area contributed by atoms with Crippen molar-refractivity contribution in [1.29, 1.82) is 0 Å². The van der Waals surface area contributed by atoms with Crippen LogP contribution in [0.2, 0.25) is 0 Å². The second kappa shape index (κ2) is 4.19. The first-order chi connectivity index (χ1) is 8.69. The van der Waals surface area contributed by atoms with Crippen molar-refractivity contribution in [1.82, 2.24) is 20.1 Å². The van der Waals surface area contributed by atoms with Crippen LogP contribution < -0.4 is 0 Å². The van der Waals surface area contributed by atoms with E-state index in [1.54, 1.807) is 0 Å². The van der Waals surface area contributed by atoms with E-state index in [1.807, 2.05) is 0 Å². The number of carbonyl (C=O) groups excluding carboxylic acids is 2. The lowest BCUT2D eigenvalue weighted by Crippen LogP contribution is -2.46. The van der Waals surface area contributed by atoms with Crippen LogP contribution in [-0.4, -0.2) is 31.9 Å². The second-order valence-electron chi connectivity index (χ2n) is 5.37. The Bertz CT molecular complexity index is 442. The number of carbonyl (C=O) groups is 2. The fraction of sp³-hybridized carbons (Fsp3) is 0.667. The van der Waals surface area contributed by atoms with Crippen LogP contribution in [0.4, 0.5) is 0 Å². The summed E-state index contributed by atoms with van der Waals surface area (Å²) in [6.45, 7) is 0.216. The molecule has 1 spiro atoms. The van der Waals surface area contributed by atoms with Crippen LogP contribution >= 0.6 is 0 Å². The van der Waals surface area contributed by atoms with Gasteiger partial charge in [0.25, 0.3) is 0 Å². The van der Waals surface area contributed by atoms with E-state index in [2.05, 4.69) is 15.2 Å². The van der Waals surface area contributed by atoms with Crippen LogP contribution in [0.3, 0.4) is 0 Å². The number of hydrogen-bond donors (Lipinski definition) is 1. The first-order valence-electron chi connectivity index (χ1n) is 6.36. The van der Waals surface area contributed by atoms with Gasteiger partial charge in [0.05, 0.1) is 6.54 Å². The predicted octanol–water partition coefficient (Wildman–Crippen LogP) is 1.01. The molecule has 6 nitrogen and oxygen atoms in total. The summed E-state index contributed by atoms with van der Waals surface area (Å²) in [7, 11) is 0. The monoisotopic (exact) mass is 248 g/mol. The molecule has 0 aromatic carbocycles. The second-order valence-corrected chi connectivity index (χ2v) is 5.37. The molecule has 2 aliphatic rings. The van der Waals surface area contributed by atoms with Crippen molar-refractivity contribution >= 4 is 11.8 Å². The van der Waals surface area contributed by atoms with E-state index in [0.717, 1.165) is 25.7 Å². The topological polar surface area (TPSA) is 79.0 Å². The van der Waals surface area contributed by atoms with Crippen molar-refractivity contribution in [2.24, 2.45) is 5.41 Å². The minimum Gasteiger partial charge on any atom is -0.275 e. The van der Waals surface area contributed by atoms with Crippen LogP contribution in [0.25, 0.3) is 0 Å². The van der Waals surface area contributed by atoms with Gasteiger partial charge in [-0.1, -0.05) is 12.8 Å². The van der Waals surface area contributed by atoms with Gasteiger partial charge in [-0.2, -0.15) is 5.10 Å². The standard InChI is InChI=1S/C12H16N4O2/c17-10-5-12(3-1-2-4-12)6-11(18)16(10)7-9-13-8-14-15-9/h8H,1-7H2,(H,13,14,15). The molecule has 0 atom stereocenters. The van der Waals surface area contributed by atoms with Crippen LogP contribution in [0.15, 0.2) is 6.33 Å². The molecule has 3 rings (SSSR count). The summed E-state index contributed by atoms with van der Waals surface area (Å²) in [5, 5.41) is 6.40. The average molecular weight is 248 g/mol. The molecule has 1 aromatic heterocycles. The van der Waals surface area contributed by atoms with Crippen molar-refractivity contribution in [3.05, 3.63) is 12.2 Å². The van der Waals surface area contributed by atoms with Crippen LogP contribution in [-0.2, 0) is 16.1 Å². The molecule has 1 saturated carbocycles. The van der Waals surface area contributed by atoms with Crippen molar-refractivity contribution in [2.45, 2.75) is 45.1 Å². The zero-order valence-corrected chi connectivity index (χ0v) is 10.2. The highest BCUT2D eigenvalue weighted by Crippen LogP contribution is 2.46. The highest BCUT2D eigenvalue weighted by Gasteiger charge is 2.45. The van der Waals surface area contributed by atoms with E-state index in [9.17, 15) is 9.59 Å². The van der Waals surface area contributed by atoms with Gasteiger partial charge in [-0.05, 0) is 18.3 Å². The van der Waals surface area contributed by atoms with Crippen molar-refractivity contribution in [2.75, 3.05) is 0 Å². The maximum absolute atomic E-state index is 12.1. The maximum atomic E-state index is 12.1. The lowest BCUT2D eigenvalue weighted by atomic mass is 9.76. The molecule has 0 radical (unpaired) electrons. The Hall–Kier alpha value is -1.72. The lowest BCUT2D eigenvalue weighted by molar-refractivity contribution is -0.154. The Morgan fingerprint density at radius 2 is 1.89 bits per heavy atom. The molecular formula is C12H16N4O2. The summed E-state index contributed by atoms with van der Waals surface area (Å²) in [5.41, 5.74) is -0.0356. The molecule has 2 amide bonds. The third-order valence-corrected chi connectivity index (χ3v) is 4.09. The van der Waals surface area contributed by atoms with Gasteiger partial charge in [0.2, 0.25) is 11.8 Å². The van der Waals surface area contributed by atoms with Gasteiger partial charge in [-0.15, -0.1) is 0 Å². The minimum atomic E-state index is -0.0652. The quantitative estimate of drug-likeness (QED) is 0.792. The van der Waals surface area contributed by atoms with Gasteiger partial charge in [-0.3, -0.25) is 19.6 Å². The van der Waals surface area contributed by atoms with E-state index in [4.69, 9.17) is 0 Å². The van der Waals surface area contributed by atoms with Crippen LogP contribution in [0.1, 0.15) is 44.3 Å². The van der Waals surface area contributed by atoms with Gasteiger partial charge >= 0.3 is 0 Å². The third kappa shape index (κ3) is 1.91. The molecule has 18 heavy (non-hydrogen) atoms. The number of piperidine rings is 1. The SMILES string of the molecule is O=C1CC2(CCCC2)CC(=O)N1Cc1ncn[nH]1. The van der Waals surface area contributed by atoms with Crippen molar-refractivity contribution < 1.29 is 9.59 Å². The maximum Gasteiger partial charge on any atom is 0.230 e. The normalized spacial score (nSPS) is 23.0. The molecule has 1 aliphatic heterocycles. The number of aromatic nitrogens is 3. The van der Waals surface area contributed by atoms with Gasteiger partial charge in [0, 0.05) is 12.8 Å². The Morgan fingerprint density at radius 1 is 1.22 bits per heavy atom. The molecular weight excluding hydrogens is 232 g/mol. The summed E-state index contributed by atoms with van der Waals surface area (Å²) in [4.78, 5) is 29.5. The zero-order valence-electron chi connectivity index (χ0n) is 10.2. The van der Waals surface area contributed by atoms with Crippen molar-refractivity contribution in [3.8, 4) is 0 Å². The summed E-state index contributed by atoms with van der Waals surface area (Å²) in [5.74, 6) is 0.424. The number of H-pyrrole nitrogens is 1. The Balaban J connectivity index is 1.74. The fourth-order valence-electron chi connectivity index (χ4n) is 3.15. The molecule has 0 unspecified atom stereocenters. The highest BCUT2D eigenvalue weighted by molar-refractivity contribution is 5.98. The third-order valence-electron chi connectivity index (χ3n) is 4.09. The van der Waals surface area contributed by atoms with Crippen LogP contribution in [0.5, 0.6) is 0 Å². The molecule has 1 saturated heterocycles. The summed E-state index contributed by atoms with van der Waals surface area (Å²) < 4.78 is 0. The predicted molar refractivity (Wildman–Crippen MR) is 62.1 cm³/mol. The van der Waals surface area contributed by atoms with Gasteiger partial charge < -0.3 is 0 Å². The molecule has 1 aromatic rings. The number of rotatable bonds is 2. The Morgan fingerprint density at radius 3 is 2.44 bits per heavy atom. The van der Waals surface area contributed by atoms with Gasteiger partial charge in [0.15, 0.2) is 0 Å². The van der Waals surface area contributed by atoms with E-state index >= 15 is 0 Å². The Labute approximate surface area is 105 Å². The summed E-state index contributed by atoms with van der Waals surface area (Å²) in [6, 6.07) is 0.